The number of benzene rings is 1. The van der Waals surface area contributed by atoms with Gasteiger partial charge in [0.05, 0.1) is 0 Å². The van der Waals surface area contributed by atoms with Crippen LogP contribution in [0.15, 0.2) is 30.3 Å². The average Bonchev–Trinajstić information content (AvgIpc) is 2.47. The quantitative estimate of drug-likeness (QED) is 0.742. The number of thioether (sulfide) groups is 1. The highest BCUT2D eigenvalue weighted by molar-refractivity contribution is 7.99. The minimum atomic E-state index is -0.310. The maximum absolute atomic E-state index is 11.5. The van der Waals surface area contributed by atoms with Gasteiger partial charge in [0.2, 0.25) is 0 Å². The summed E-state index contributed by atoms with van der Waals surface area (Å²) in [6, 6.07) is 9.28. The maximum atomic E-state index is 11.5. The number of carbonyl (C=O) groups is 1. The van der Waals surface area contributed by atoms with E-state index in [2.05, 4.69) is 4.90 Å². The fraction of sp³-hybridized carbons (Fsp3) is 0.500. The number of ether oxygens (including phenoxy) is 2. The monoisotopic (exact) mass is 281 g/mol. The van der Waals surface area contributed by atoms with Gasteiger partial charge in [-0.15, -0.1) is 0 Å². The molecule has 4 nitrogen and oxygen atoms in total. The van der Waals surface area contributed by atoms with Crippen LogP contribution in [0.5, 0.6) is 5.75 Å². The molecule has 1 aliphatic rings. The highest BCUT2D eigenvalue weighted by atomic mass is 32.2. The Morgan fingerprint density at radius 2 is 1.95 bits per heavy atom. The topological polar surface area (TPSA) is 38.8 Å². The number of rotatable bonds is 6. The average molecular weight is 281 g/mol. The molecule has 0 atom stereocenters. The molecular formula is C14H19NO3S. The molecule has 0 amide bonds. The van der Waals surface area contributed by atoms with Crippen molar-refractivity contribution in [2.75, 3.05) is 44.4 Å². The third-order valence-corrected chi connectivity index (χ3v) is 3.82. The van der Waals surface area contributed by atoms with Crippen LogP contribution < -0.4 is 4.74 Å². The van der Waals surface area contributed by atoms with E-state index in [-0.39, 0.29) is 12.6 Å². The van der Waals surface area contributed by atoms with Crippen LogP contribution >= 0.6 is 11.8 Å². The van der Waals surface area contributed by atoms with Crippen molar-refractivity contribution in [3.63, 3.8) is 0 Å². The molecule has 2 rings (SSSR count). The molecule has 1 heterocycles. The summed E-state index contributed by atoms with van der Waals surface area (Å²) in [5, 5.41) is 0. The Bertz CT molecular complexity index is 380. The van der Waals surface area contributed by atoms with E-state index in [0.29, 0.717) is 12.4 Å². The number of hydrogen-bond donors (Lipinski definition) is 0. The van der Waals surface area contributed by atoms with Gasteiger partial charge in [-0.3, -0.25) is 4.90 Å². The smallest absolute Gasteiger partial charge is 0.344 e. The Morgan fingerprint density at radius 1 is 1.21 bits per heavy atom. The predicted octanol–water partition coefficient (Wildman–Crippen LogP) is 1.66. The van der Waals surface area contributed by atoms with Crippen LogP contribution in [0.4, 0.5) is 0 Å². The molecule has 0 bridgehead atoms. The summed E-state index contributed by atoms with van der Waals surface area (Å²) >= 11 is 1.97. The lowest BCUT2D eigenvalue weighted by Gasteiger charge is -2.25. The Balaban J connectivity index is 1.57. The van der Waals surface area contributed by atoms with Crippen molar-refractivity contribution >= 4 is 17.7 Å². The lowest BCUT2D eigenvalue weighted by molar-refractivity contribution is -0.146. The van der Waals surface area contributed by atoms with Gasteiger partial charge in [0, 0.05) is 31.1 Å². The van der Waals surface area contributed by atoms with Crippen LogP contribution in [-0.2, 0) is 9.53 Å². The molecule has 104 valence electrons. The summed E-state index contributed by atoms with van der Waals surface area (Å²) in [5.74, 6) is 2.72. The molecule has 1 aromatic carbocycles. The van der Waals surface area contributed by atoms with E-state index in [4.69, 9.17) is 9.47 Å². The lowest BCUT2D eigenvalue weighted by Crippen LogP contribution is -2.35. The molecule has 0 saturated carbocycles. The fourth-order valence-electron chi connectivity index (χ4n) is 1.81. The molecule has 19 heavy (non-hydrogen) atoms. The zero-order valence-corrected chi connectivity index (χ0v) is 11.7. The SMILES string of the molecule is O=C(COc1ccccc1)OCCN1CCSCC1. The lowest BCUT2D eigenvalue weighted by atomic mass is 10.3. The Hall–Kier alpha value is -1.20. The van der Waals surface area contributed by atoms with Crippen molar-refractivity contribution in [3.8, 4) is 5.75 Å². The second-order valence-corrected chi connectivity index (χ2v) is 5.50. The molecule has 0 aliphatic carbocycles. The first-order valence-electron chi connectivity index (χ1n) is 6.48. The maximum Gasteiger partial charge on any atom is 0.344 e. The molecule has 1 saturated heterocycles. The first-order valence-corrected chi connectivity index (χ1v) is 7.63. The van der Waals surface area contributed by atoms with Crippen LogP contribution in [0.25, 0.3) is 0 Å². The minimum absolute atomic E-state index is 0.0279. The Morgan fingerprint density at radius 3 is 2.68 bits per heavy atom. The van der Waals surface area contributed by atoms with E-state index in [1.165, 1.54) is 11.5 Å². The summed E-state index contributed by atoms with van der Waals surface area (Å²) < 4.78 is 10.5. The molecule has 0 unspecified atom stereocenters. The van der Waals surface area contributed by atoms with Crippen molar-refractivity contribution in [1.82, 2.24) is 4.90 Å². The van der Waals surface area contributed by atoms with E-state index in [1.54, 1.807) is 0 Å². The van der Waals surface area contributed by atoms with E-state index >= 15 is 0 Å². The second kappa shape index (κ2) is 8.07. The van der Waals surface area contributed by atoms with Gasteiger partial charge in [0.15, 0.2) is 6.61 Å². The summed E-state index contributed by atoms with van der Waals surface area (Å²) in [5.41, 5.74) is 0. The first-order chi connectivity index (χ1) is 9.34. The summed E-state index contributed by atoms with van der Waals surface area (Å²) in [6.45, 7) is 3.41. The number of para-hydroxylation sites is 1. The minimum Gasteiger partial charge on any atom is -0.482 e. The van der Waals surface area contributed by atoms with Gasteiger partial charge in [0.25, 0.3) is 0 Å². The van der Waals surface area contributed by atoms with Crippen LogP contribution in [0.3, 0.4) is 0 Å². The molecule has 1 fully saturated rings. The molecular weight excluding hydrogens is 262 g/mol. The molecule has 1 aliphatic heterocycles. The van der Waals surface area contributed by atoms with Crippen molar-refractivity contribution in [1.29, 1.82) is 0 Å². The predicted molar refractivity (Wildman–Crippen MR) is 76.7 cm³/mol. The van der Waals surface area contributed by atoms with Gasteiger partial charge in [-0.1, -0.05) is 18.2 Å². The number of esters is 1. The highest BCUT2D eigenvalue weighted by Crippen LogP contribution is 2.09. The van der Waals surface area contributed by atoms with Crippen molar-refractivity contribution in [3.05, 3.63) is 30.3 Å². The Kier molecular flexibility index (Phi) is 6.04. The van der Waals surface area contributed by atoms with Crippen molar-refractivity contribution in [2.45, 2.75) is 0 Å². The van der Waals surface area contributed by atoms with Crippen molar-refractivity contribution in [2.24, 2.45) is 0 Å². The standard InChI is InChI=1S/C14H19NO3S/c16-14(12-18-13-4-2-1-3-5-13)17-9-6-15-7-10-19-11-8-15/h1-5H,6-12H2. The third kappa shape index (κ3) is 5.53. The zero-order valence-electron chi connectivity index (χ0n) is 10.9. The van der Waals surface area contributed by atoms with Crippen LogP contribution in [0.2, 0.25) is 0 Å². The van der Waals surface area contributed by atoms with Crippen LogP contribution in [-0.4, -0.2) is 55.2 Å². The Labute approximate surface area is 118 Å². The molecule has 5 heteroatoms. The van der Waals surface area contributed by atoms with Gasteiger partial charge in [-0.05, 0) is 12.1 Å². The first kappa shape index (κ1) is 14.2. The summed E-state index contributed by atoms with van der Waals surface area (Å²) in [4.78, 5) is 13.8. The number of nitrogens with zero attached hydrogens (tertiary/aromatic N) is 1. The molecule has 0 N–H and O–H groups in total. The van der Waals surface area contributed by atoms with E-state index in [9.17, 15) is 4.79 Å². The third-order valence-electron chi connectivity index (χ3n) is 2.87. The second-order valence-electron chi connectivity index (χ2n) is 4.28. The van der Waals surface area contributed by atoms with Gasteiger partial charge >= 0.3 is 5.97 Å². The van der Waals surface area contributed by atoms with E-state index in [0.717, 1.165) is 19.6 Å². The van der Waals surface area contributed by atoms with E-state index < -0.39 is 0 Å². The largest absolute Gasteiger partial charge is 0.482 e. The molecule has 0 radical (unpaired) electrons. The van der Waals surface area contributed by atoms with Crippen molar-refractivity contribution < 1.29 is 14.3 Å². The van der Waals surface area contributed by atoms with Crippen LogP contribution in [0.1, 0.15) is 0 Å². The van der Waals surface area contributed by atoms with Gasteiger partial charge in [-0.2, -0.15) is 11.8 Å². The highest BCUT2D eigenvalue weighted by Gasteiger charge is 2.11. The van der Waals surface area contributed by atoms with E-state index in [1.807, 2.05) is 42.1 Å². The zero-order chi connectivity index (χ0) is 13.3. The molecule has 1 aromatic rings. The van der Waals surface area contributed by atoms with Gasteiger partial charge < -0.3 is 9.47 Å². The van der Waals surface area contributed by atoms with Gasteiger partial charge in [0.1, 0.15) is 12.4 Å². The summed E-state index contributed by atoms with van der Waals surface area (Å²) in [6.07, 6.45) is 0. The van der Waals surface area contributed by atoms with Crippen LogP contribution in [0, 0.1) is 0 Å². The number of carbonyl (C=O) groups excluding carboxylic acids is 1. The molecule has 0 spiro atoms. The normalized spacial score (nSPS) is 16.0. The molecule has 0 aromatic heterocycles. The van der Waals surface area contributed by atoms with Gasteiger partial charge in [-0.25, -0.2) is 4.79 Å². The summed E-state index contributed by atoms with van der Waals surface area (Å²) in [7, 11) is 0. The number of hydrogen-bond acceptors (Lipinski definition) is 5. The fourth-order valence-corrected chi connectivity index (χ4v) is 2.79.